The number of rotatable bonds is 5. The van der Waals surface area contributed by atoms with Gasteiger partial charge in [0, 0.05) is 12.1 Å². The van der Waals surface area contributed by atoms with Gasteiger partial charge in [0.05, 0.1) is 12.1 Å². The van der Waals surface area contributed by atoms with Gasteiger partial charge in [-0.15, -0.1) is 0 Å². The van der Waals surface area contributed by atoms with Gasteiger partial charge in [0.1, 0.15) is 5.75 Å². The predicted octanol–water partition coefficient (Wildman–Crippen LogP) is 3.35. The second-order valence-corrected chi connectivity index (χ2v) is 4.77. The molecular formula is C13H17ClN2O2S. The number of hydrogen-bond acceptors (Lipinski definition) is 3. The molecule has 0 fully saturated rings. The van der Waals surface area contributed by atoms with E-state index in [0.29, 0.717) is 22.9 Å². The van der Waals surface area contributed by atoms with Crippen molar-refractivity contribution in [3.05, 3.63) is 23.2 Å². The van der Waals surface area contributed by atoms with Crippen LogP contribution in [-0.4, -0.2) is 18.1 Å². The average Bonchev–Trinajstić information content (AvgIpc) is 2.36. The first kappa shape index (κ1) is 15.7. The maximum Gasteiger partial charge on any atom is 0.226 e. The van der Waals surface area contributed by atoms with Crippen LogP contribution in [0.4, 0.5) is 5.69 Å². The SMILES string of the molecule is CCCCC(=O)NC(=S)Nc1ccc(OC)c(Cl)c1. The Balaban J connectivity index is 2.52. The van der Waals surface area contributed by atoms with Gasteiger partial charge in [-0.2, -0.15) is 0 Å². The van der Waals surface area contributed by atoms with Crippen molar-refractivity contribution in [2.45, 2.75) is 26.2 Å². The Labute approximate surface area is 123 Å². The molecule has 0 aromatic heterocycles. The fourth-order valence-electron chi connectivity index (χ4n) is 1.43. The second-order valence-electron chi connectivity index (χ2n) is 3.96. The van der Waals surface area contributed by atoms with Gasteiger partial charge in [-0.1, -0.05) is 24.9 Å². The van der Waals surface area contributed by atoms with Crippen LogP contribution < -0.4 is 15.4 Å². The van der Waals surface area contributed by atoms with Gasteiger partial charge in [0.25, 0.3) is 0 Å². The number of amides is 1. The lowest BCUT2D eigenvalue weighted by Crippen LogP contribution is -2.33. The van der Waals surface area contributed by atoms with Crippen LogP contribution in [0.3, 0.4) is 0 Å². The second kappa shape index (κ2) is 7.96. The van der Waals surface area contributed by atoms with Gasteiger partial charge in [-0.25, -0.2) is 0 Å². The van der Waals surface area contributed by atoms with Gasteiger partial charge >= 0.3 is 0 Å². The third kappa shape index (κ3) is 5.44. The van der Waals surface area contributed by atoms with Crippen LogP contribution >= 0.6 is 23.8 Å². The highest BCUT2D eigenvalue weighted by Gasteiger charge is 2.06. The lowest BCUT2D eigenvalue weighted by atomic mass is 10.2. The van der Waals surface area contributed by atoms with Crippen LogP contribution in [0, 0.1) is 0 Å². The molecule has 0 bridgehead atoms. The van der Waals surface area contributed by atoms with E-state index in [0.717, 1.165) is 12.8 Å². The maximum absolute atomic E-state index is 11.5. The number of carbonyl (C=O) groups is 1. The summed E-state index contributed by atoms with van der Waals surface area (Å²) in [6, 6.07) is 5.19. The smallest absolute Gasteiger partial charge is 0.226 e. The number of methoxy groups -OCH3 is 1. The molecule has 0 saturated heterocycles. The largest absolute Gasteiger partial charge is 0.495 e. The first-order valence-corrected chi connectivity index (χ1v) is 6.79. The maximum atomic E-state index is 11.5. The van der Waals surface area contributed by atoms with E-state index < -0.39 is 0 Å². The van der Waals surface area contributed by atoms with Crippen LogP contribution in [-0.2, 0) is 4.79 Å². The summed E-state index contributed by atoms with van der Waals surface area (Å²) in [4.78, 5) is 11.5. The Morgan fingerprint density at radius 2 is 2.21 bits per heavy atom. The van der Waals surface area contributed by atoms with Gasteiger partial charge in [0.2, 0.25) is 5.91 Å². The first-order valence-electron chi connectivity index (χ1n) is 6.01. The summed E-state index contributed by atoms with van der Waals surface area (Å²) in [6.45, 7) is 2.03. The highest BCUT2D eigenvalue weighted by molar-refractivity contribution is 7.80. The van der Waals surface area contributed by atoms with Gasteiger partial charge in [-0.3, -0.25) is 4.79 Å². The summed E-state index contributed by atoms with van der Waals surface area (Å²) in [7, 11) is 1.55. The molecule has 0 heterocycles. The fourth-order valence-corrected chi connectivity index (χ4v) is 1.92. The standard InChI is InChI=1S/C13H17ClN2O2S/c1-3-4-5-12(17)16-13(19)15-9-6-7-11(18-2)10(14)8-9/h6-8H,3-5H2,1-2H3,(H2,15,16,17,19). The molecule has 0 radical (unpaired) electrons. The topological polar surface area (TPSA) is 50.4 Å². The Morgan fingerprint density at radius 1 is 1.47 bits per heavy atom. The lowest BCUT2D eigenvalue weighted by Gasteiger charge is -2.10. The van der Waals surface area contributed by atoms with E-state index in [1.807, 2.05) is 6.92 Å². The van der Waals surface area contributed by atoms with Crippen LogP contribution in [0.5, 0.6) is 5.75 Å². The van der Waals surface area contributed by atoms with Gasteiger partial charge < -0.3 is 15.4 Å². The molecule has 1 amide bonds. The summed E-state index contributed by atoms with van der Waals surface area (Å²) in [5, 5.41) is 6.26. The molecule has 1 aromatic rings. The summed E-state index contributed by atoms with van der Waals surface area (Å²) in [5.41, 5.74) is 0.701. The van der Waals surface area contributed by atoms with E-state index in [1.165, 1.54) is 0 Å². The van der Waals surface area contributed by atoms with Crippen molar-refractivity contribution in [1.82, 2.24) is 5.32 Å². The molecule has 4 nitrogen and oxygen atoms in total. The molecule has 6 heteroatoms. The molecule has 0 saturated carbocycles. The number of unbranched alkanes of at least 4 members (excludes halogenated alkanes) is 1. The van der Waals surface area contributed by atoms with Crippen LogP contribution in [0.2, 0.25) is 5.02 Å². The van der Waals surface area contributed by atoms with Crippen molar-refractivity contribution >= 4 is 40.5 Å². The number of carbonyl (C=O) groups excluding carboxylic acids is 1. The number of halogens is 1. The van der Waals surface area contributed by atoms with Crippen LogP contribution in [0.1, 0.15) is 26.2 Å². The number of nitrogens with one attached hydrogen (secondary N) is 2. The Hall–Kier alpha value is -1.33. The van der Waals surface area contributed by atoms with Crippen molar-refractivity contribution in [3.63, 3.8) is 0 Å². The Bertz CT molecular complexity index is 466. The van der Waals surface area contributed by atoms with Gasteiger partial charge in [-0.05, 0) is 36.8 Å². The molecule has 0 spiro atoms. The van der Waals surface area contributed by atoms with Crippen LogP contribution in [0.15, 0.2) is 18.2 Å². The minimum atomic E-state index is -0.0843. The normalized spacial score (nSPS) is 9.84. The first-order chi connectivity index (χ1) is 9.06. The molecular weight excluding hydrogens is 284 g/mol. The molecule has 0 unspecified atom stereocenters. The summed E-state index contributed by atoms with van der Waals surface area (Å²) >= 11 is 11.0. The van der Waals surface area contributed by atoms with E-state index >= 15 is 0 Å². The molecule has 0 aliphatic heterocycles. The summed E-state index contributed by atoms with van der Waals surface area (Å²) in [6.07, 6.45) is 2.30. The van der Waals surface area contributed by atoms with Crippen LogP contribution in [0.25, 0.3) is 0 Å². The molecule has 104 valence electrons. The van der Waals surface area contributed by atoms with E-state index in [9.17, 15) is 4.79 Å². The lowest BCUT2D eigenvalue weighted by molar-refractivity contribution is -0.119. The van der Waals surface area contributed by atoms with E-state index in [-0.39, 0.29) is 11.0 Å². The van der Waals surface area contributed by atoms with Crippen molar-refractivity contribution in [1.29, 1.82) is 0 Å². The van der Waals surface area contributed by atoms with Crippen molar-refractivity contribution < 1.29 is 9.53 Å². The monoisotopic (exact) mass is 300 g/mol. The van der Waals surface area contributed by atoms with Crippen molar-refractivity contribution in [3.8, 4) is 5.75 Å². The predicted molar refractivity (Wildman–Crippen MR) is 81.9 cm³/mol. The number of ether oxygens (including phenoxy) is 1. The molecule has 2 N–H and O–H groups in total. The number of hydrogen-bond donors (Lipinski definition) is 2. The fraction of sp³-hybridized carbons (Fsp3) is 0.385. The Kier molecular flexibility index (Phi) is 6.59. The molecule has 19 heavy (non-hydrogen) atoms. The zero-order valence-corrected chi connectivity index (χ0v) is 12.5. The zero-order valence-electron chi connectivity index (χ0n) is 11.0. The molecule has 0 atom stereocenters. The summed E-state index contributed by atoms with van der Waals surface area (Å²) < 4.78 is 5.05. The van der Waals surface area contributed by atoms with Crippen molar-refractivity contribution in [2.75, 3.05) is 12.4 Å². The molecule has 1 rings (SSSR count). The van der Waals surface area contributed by atoms with E-state index in [1.54, 1.807) is 25.3 Å². The summed E-state index contributed by atoms with van der Waals surface area (Å²) in [5.74, 6) is 0.504. The van der Waals surface area contributed by atoms with Gasteiger partial charge in [0.15, 0.2) is 5.11 Å². The van der Waals surface area contributed by atoms with Crippen molar-refractivity contribution in [2.24, 2.45) is 0 Å². The minimum absolute atomic E-state index is 0.0843. The number of thiocarbonyl (C=S) groups is 1. The number of benzene rings is 1. The molecule has 1 aromatic carbocycles. The number of anilines is 1. The van der Waals surface area contributed by atoms with E-state index in [4.69, 9.17) is 28.6 Å². The highest BCUT2D eigenvalue weighted by atomic mass is 35.5. The third-order valence-corrected chi connectivity index (χ3v) is 2.92. The molecule has 0 aliphatic carbocycles. The third-order valence-electron chi connectivity index (χ3n) is 2.42. The Morgan fingerprint density at radius 3 is 2.79 bits per heavy atom. The minimum Gasteiger partial charge on any atom is -0.495 e. The average molecular weight is 301 g/mol. The zero-order chi connectivity index (χ0) is 14.3. The molecule has 0 aliphatic rings. The quantitative estimate of drug-likeness (QED) is 0.819. The highest BCUT2D eigenvalue weighted by Crippen LogP contribution is 2.27. The van der Waals surface area contributed by atoms with E-state index in [2.05, 4.69) is 10.6 Å².